The van der Waals surface area contributed by atoms with E-state index in [2.05, 4.69) is 9.99 Å². The second kappa shape index (κ2) is 9.42. The summed E-state index contributed by atoms with van der Waals surface area (Å²) in [5.74, 6) is -0.894. The third-order valence-corrected chi connectivity index (χ3v) is 6.06. The molecule has 33 heavy (non-hydrogen) atoms. The smallest absolute Gasteiger partial charge is 0.331 e. The fraction of sp³-hybridized carbons (Fsp3) is 0.115. The molecule has 0 spiro atoms. The molecule has 4 aromatic rings. The van der Waals surface area contributed by atoms with Crippen LogP contribution < -0.4 is 0 Å². The van der Waals surface area contributed by atoms with Crippen LogP contribution >= 0.6 is 11.8 Å². The normalized spacial score (nSPS) is 11.6. The van der Waals surface area contributed by atoms with Crippen LogP contribution in [0.5, 0.6) is 0 Å². The summed E-state index contributed by atoms with van der Waals surface area (Å²) in [5.41, 5.74) is 3.01. The Morgan fingerprint density at radius 1 is 0.909 bits per heavy atom. The molecule has 0 saturated heterocycles. The van der Waals surface area contributed by atoms with E-state index in [1.54, 1.807) is 43.8 Å². The van der Waals surface area contributed by atoms with E-state index in [0.717, 1.165) is 20.7 Å². The molecule has 3 aromatic carbocycles. The second-order valence-corrected chi connectivity index (χ2v) is 8.58. The van der Waals surface area contributed by atoms with Crippen LogP contribution in [0, 0.1) is 12.7 Å². The molecule has 0 unspecified atom stereocenters. The van der Waals surface area contributed by atoms with Crippen molar-refractivity contribution in [1.29, 1.82) is 0 Å². The summed E-state index contributed by atoms with van der Waals surface area (Å²) >= 11 is 1.55. The molecule has 1 aromatic heterocycles. The van der Waals surface area contributed by atoms with Crippen molar-refractivity contribution in [2.24, 2.45) is 5.16 Å². The van der Waals surface area contributed by atoms with Crippen molar-refractivity contribution in [3.63, 3.8) is 0 Å². The number of carbonyl (C=O) groups is 2. The van der Waals surface area contributed by atoms with Gasteiger partial charge in [-0.25, -0.2) is 9.18 Å². The van der Waals surface area contributed by atoms with Gasteiger partial charge in [0.05, 0.1) is 5.71 Å². The number of halogens is 1. The van der Waals surface area contributed by atoms with Crippen molar-refractivity contribution < 1.29 is 23.2 Å². The van der Waals surface area contributed by atoms with Gasteiger partial charge < -0.3 is 9.25 Å². The van der Waals surface area contributed by atoms with Crippen molar-refractivity contribution in [3.05, 3.63) is 95.0 Å². The van der Waals surface area contributed by atoms with E-state index >= 15 is 0 Å². The van der Waals surface area contributed by atoms with Crippen LogP contribution in [0.4, 0.5) is 4.39 Å². The molecule has 7 heteroatoms. The molecule has 0 radical (unpaired) electrons. The van der Waals surface area contributed by atoms with E-state index in [9.17, 15) is 14.0 Å². The van der Waals surface area contributed by atoms with Crippen LogP contribution in [-0.4, -0.2) is 17.5 Å². The maximum atomic E-state index is 13.5. The third-order valence-electron chi connectivity index (χ3n) is 5.04. The van der Waals surface area contributed by atoms with Crippen molar-refractivity contribution in [2.45, 2.75) is 30.6 Å². The zero-order chi connectivity index (χ0) is 23.5. The minimum absolute atomic E-state index is 0.220. The monoisotopic (exact) mass is 461 g/mol. The van der Waals surface area contributed by atoms with Crippen LogP contribution in [-0.2, 0) is 9.63 Å². The van der Waals surface area contributed by atoms with Crippen LogP contribution in [0.2, 0.25) is 0 Å². The van der Waals surface area contributed by atoms with Gasteiger partial charge in [-0.1, -0.05) is 29.1 Å². The largest absolute Gasteiger partial charge is 0.452 e. The zero-order valence-electron chi connectivity index (χ0n) is 18.2. The van der Waals surface area contributed by atoms with E-state index < -0.39 is 11.8 Å². The van der Waals surface area contributed by atoms with Crippen molar-refractivity contribution >= 4 is 40.2 Å². The molecule has 0 saturated carbocycles. The Balaban J connectivity index is 1.47. The molecule has 0 bridgehead atoms. The number of rotatable bonds is 6. The molecular formula is C26H20FNO4S. The Hall–Kier alpha value is -3.71. The van der Waals surface area contributed by atoms with Crippen LogP contribution in [0.1, 0.15) is 41.1 Å². The lowest BCUT2D eigenvalue weighted by atomic mass is 10.0. The predicted octanol–water partition coefficient (Wildman–Crippen LogP) is 6.55. The summed E-state index contributed by atoms with van der Waals surface area (Å²) < 4.78 is 19.1. The number of benzene rings is 3. The van der Waals surface area contributed by atoms with Gasteiger partial charge in [-0.15, -0.1) is 0 Å². The van der Waals surface area contributed by atoms with Crippen molar-refractivity contribution in [3.8, 4) is 0 Å². The van der Waals surface area contributed by atoms with Gasteiger partial charge in [0.25, 0.3) is 0 Å². The van der Waals surface area contributed by atoms with E-state index in [0.29, 0.717) is 22.4 Å². The summed E-state index contributed by atoms with van der Waals surface area (Å²) in [7, 11) is 0. The average Bonchev–Trinajstić information content (AvgIpc) is 3.13. The Bertz CT molecular complexity index is 1370. The molecule has 0 atom stereocenters. The molecule has 0 aliphatic rings. The molecule has 0 aliphatic carbocycles. The van der Waals surface area contributed by atoms with Gasteiger partial charge in [-0.2, -0.15) is 0 Å². The molecule has 1 heterocycles. The fourth-order valence-corrected chi connectivity index (χ4v) is 4.12. The van der Waals surface area contributed by atoms with Crippen LogP contribution in [0.25, 0.3) is 11.0 Å². The fourth-order valence-electron chi connectivity index (χ4n) is 3.31. The van der Waals surface area contributed by atoms with Gasteiger partial charge in [-0.05, 0) is 67.9 Å². The lowest BCUT2D eigenvalue weighted by molar-refractivity contribution is -0.140. The van der Waals surface area contributed by atoms with Crippen LogP contribution in [0.15, 0.2) is 86.1 Å². The van der Waals surface area contributed by atoms with Gasteiger partial charge in [-0.3, -0.25) is 4.79 Å². The number of nitrogens with zero attached hydrogens (tertiary/aromatic N) is 1. The summed E-state index contributed by atoms with van der Waals surface area (Å²) in [5, 5.41) is 4.51. The van der Waals surface area contributed by atoms with E-state index in [4.69, 9.17) is 4.42 Å². The standard InChI is InChI=1S/C26H20FNO4S/c1-15-23-13-8-20(27)14-24(23)31-26(15)25(30)19-6-11-22(12-7-19)33-21-9-4-18(5-10-21)16(2)28-32-17(3)29/h4-14H,1-3H3. The van der Waals surface area contributed by atoms with E-state index in [1.807, 2.05) is 36.4 Å². The minimum atomic E-state index is -0.465. The lowest BCUT2D eigenvalue weighted by Gasteiger charge is -2.05. The molecular weight excluding hydrogens is 441 g/mol. The van der Waals surface area contributed by atoms with E-state index in [-0.39, 0.29) is 11.5 Å². The first-order chi connectivity index (χ1) is 15.8. The molecule has 0 fully saturated rings. The third kappa shape index (κ3) is 5.04. The maximum Gasteiger partial charge on any atom is 0.331 e. The highest BCUT2D eigenvalue weighted by molar-refractivity contribution is 7.99. The zero-order valence-corrected chi connectivity index (χ0v) is 19.0. The minimum Gasteiger partial charge on any atom is -0.452 e. The molecule has 166 valence electrons. The summed E-state index contributed by atoms with van der Waals surface area (Å²) in [6.07, 6.45) is 0. The van der Waals surface area contributed by atoms with Gasteiger partial charge >= 0.3 is 5.97 Å². The van der Waals surface area contributed by atoms with Crippen molar-refractivity contribution in [1.82, 2.24) is 0 Å². The van der Waals surface area contributed by atoms with Crippen molar-refractivity contribution in [2.75, 3.05) is 0 Å². The number of fused-ring (bicyclic) bond motifs is 1. The van der Waals surface area contributed by atoms with Gasteiger partial charge in [0.15, 0.2) is 5.76 Å². The van der Waals surface area contributed by atoms with Crippen LogP contribution in [0.3, 0.4) is 0 Å². The average molecular weight is 462 g/mol. The molecule has 4 rings (SSSR count). The van der Waals surface area contributed by atoms with Gasteiger partial charge in [0.2, 0.25) is 5.78 Å². The first-order valence-corrected chi connectivity index (χ1v) is 11.0. The Morgan fingerprint density at radius 3 is 2.12 bits per heavy atom. The molecule has 0 N–H and O–H groups in total. The van der Waals surface area contributed by atoms with Gasteiger partial charge in [0, 0.05) is 39.3 Å². The van der Waals surface area contributed by atoms with E-state index in [1.165, 1.54) is 19.1 Å². The Morgan fingerprint density at radius 2 is 1.52 bits per heavy atom. The Labute approximate surface area is 194 Å². The number of hydrogen-bond donors (Lipinski definition) is 0. The molecule has 0 aliphatic heterocycles. The quantitative estimate of drug-likeness (QED) is 0.141. The maximum absolute atomic E-state index is 13.5. The predicted molar refractivity (Wildman–Crippen MR) is 125 cm³/mol. The number of hydrogen-bond acceptors (Lipinski definition) is 6. The van der Waals surface area contributed by atoms with Gasteiger partial charge in [0.1, 0.15) is 11.4 Å². The second-order valence-electron chi connectivity index (χ2n) is 7.44. The Kier molecular flexibility index (Phi) is 6.42. The topological polar surface area (TPSA) is 68.9 Å². The number of oxime groups is 1. The first-order valence-electron chi connectivity index (χ1n) is 10.2. The highest BCUT2D eigenvalue weighted by atomic mass is 32.2. The first kappa shape index (κ1) is 22.5. The number of carbonyl (C=O) groups excluding carboxylic acids is 2. The number of furan rings is 1. The SMILES string of the molecule is CC(=O)ON=C(C)c1ccc(Sc2ccc(C(=O)c3oc4cc(F)ccc4c3C)cc2)cc1. The highest BCUT2D eigenvalue weighted by Gasteiger charge is 2.19. The number of ketones is 1. The molecule has 0 amide bonds. The highest BCUT2D eigenvalue weighted by Crippen LogP contribution is 2.30. The summed E-state index contributed by atoms with van der Waals surface area (Å²) in [6, 6.07) is 19.2. The molecule has 5 nitrogen and oxygen atoms in total. The number of aryl methyl sites for hydroxylation is 1. The lowest BCUT2D eigenvalue weighted by Crippen LogP contribution is -2.01. The summed E-state index contributed by atoms with van der Waals surface area (Å²) in [6.45, 7) is 4.86. The summed E-state index contributed by atoms with van der Waals surface area (Å²) in [4.78, 5) is 30.5.